The van der Waals surface area contributed by atoms with Crippen molar-refractivity contribution in [2.75, 3.05) is 11.5 Å². The number of thiazole rings is 1. The second-order valence-electron chi connectivity index (χ2n) is 5.84. The summed E-state index contributed by atoms with van der Waals surface area (Å²) in [6.07, 6.45) is 0. The van der Waals surface area contributed by atoms with Gasteiger partial charge in [0.05, 0.1) is 11.3 Å². The molecule has 6 heteroatoms. The van der Waals surface area contributed by atoms with Crippen molar-refractivity contribution >= 4 is 28.7 Å². The van der Waals surface area contributed by atoms with Gasteiger partial charge in [-0.15, -0.1) is 11.3 Å². The first-order chi connectivity index (χ1) is 9.75. The minimum absolute atomic E-state index is 0.0128. The van der Waals surface area contributed by atoms with E-state index in [0.29, 0.717) is 16.9 Å². The van der Waals surface area contributed by atoms with Crippen molar-refractivity contribution in [1.82, 2.24) is 4.98 Å². The highest BCUT2D eigenvalue weighted by Gasteiger charge is 2.18. The third kappa shape index (κ3) is 3.95. The first kappa shape index (κ1) is 15.3. The quantitative estimate of drug-likeness (QED) is 0.672. The van der Waals surface area contributed by atoms with Gasteiger partial charge >= 0.3 is 5.97 Å². The third-order valence-electron chi connectivity index (χ3n) is 2.86. The first-order valence-electron chi connectivity index (χ1n) is 6.54. The summed E-state index contributed by atoms with van der Waals surface area (Å²) in [5.41, 5.74) is 13.5. The molecule has 0 unspecified atom stereocenters. The number of nitrogens with two attached hydrogens (primary N) is 2. The van der Waals surface area contributed by atoms with Gasteiger partial charge in [-0.25, -0.2) is 9.78 Å². The van der Waals surface area contributed by atoms with E-state index in [1.165, 1.54) is 11.3 Å². The topological polar surface area (TPSA) is 91.2 Å². The van der Waals surface area contributed by atoms with Crippen LogP contribution in [0.25, 0.3) is 0 Å². The predicted octanol–water partition coefficient (Wildman–Crippen LogP) is 2.96. The summed E-state index contributed by atoms with van der Waals surface area (Å²) in [4.78, 5) is 16.4. The first-order valence-corrected chi connectivity index (χ1v) is 7.42. The van der Waals surface area contributed by atoms with Gasteiger partial charge in [0, 0.05) is 22.2 Å². The number of ether oxygens (including phenoxy) is 1. The lowest BCUT2D eigenvalue weighted by Gasteiger charge is -2.14. The number of rotatable bonds is 3. The van der Waals surface area contributed by atoms with Gasteiger partial charge in [-0.3, -0.25) is 0 Å². The fourth-order valence-corrected chi connectivity index (χ4v) is 2.66. The summed E-state index contributed by atoms with van der Waals surface area (Å²) < 4.78 is 5.25. The smallest absolute Gasteiger partial charge is 0.338 e. The monoisotopic (exact) mass is 305 g/mol. The van der Waals surface area contributed by atoms with E-state index in [9.17, 15) is 4.79 Å². The Morgan fingerprint density at radius 3 is 2.38 bits per heavy atom. The number of anilines is 2. The van der Waals surface area contributed by atoms with Crippen LogP contribution >= 0.6 is 11.3 Å². The van der Waals surface area contributed by atoms with Crippen molar-refractivity contribution in [2.45, 2.75) is 32.8 Å². The van der Waals surface area contributed by atoms with Crippen molar-refractivity contribution < 1.29 is 9.53 Å². The summed E-state index contributed by atoms with van der Waals surface area (Å²) >= 11 is 1.48. The molecule has 1 aromatic carbocycles. The lowest BCUT2D eigenvalue weighted by Crippen LogP contribution is -2.12. The molecule has 0 fully saturated rings. The normalized spacial score (nSPS) is 11.4. The number of nitrogens with zero attached hydrogens (tertiary/aromatic N) is 1. The third-order valence-corrected chi connectivity index (χ3v) is 3.68. The van der Waals surface area contributed by atoms with E-state index in [1.807, 2.05) is 5.38 Å². The fourth-order valence-electron chi connectivity index (χ4n) is 1.73. The number of benzene rings is 1. The van der Waals surface area contributed by atoms with Crippen molar-refractivity contribution in [1.29, 1.82) is 0 Å². The SMILES string of the molecule is CC(C)(C)c1csc(COC(=O)c2cc(N)cc(N)c2)n1. The van der Waals surface area contributed by atoms with E-state index in [4.69, 9.17) is 16.2 Å². The number of nitrogen functional groups attached to an aromatic ring is 2. The van der Waals surface area contributed by atoms with Gasteiger partial charge in [-0.1, -0.05) is 20.8 Å². The Morgan fingerprint density at radius 1 is 1.24 bits per heavy atom. The summed E-state index contributed by atoms with van der Waals surface area (Å²) in [5.74, 6) is -0.457. The minimum Gasteiger partial charge on any atom is -0.455 e. The van der Waals surface area contributed by atoms with Gasteiger partial charge in [0.1, 0.15) is 11.6 Å². The van der Waals surface area contributed by atoms with Crippen LogP contribution in [0, 0.1) is 0 Å². The maximum Gasteiger partial charge on any atom is 0.338 e. The number of esters is 1. The van der Waals surface area contributed by atoms with E-state index in [2.05, 4.69) is 25.8 Å². The van der Waals surface area contributed by atoms with E-state index in [0.717, 1.165) is 10.7 Å². The van der Waals surface area contributed by atoms with Gasteiger partial charge in [0.25, 0.3) is 0 Å². The summed E-state index contributed by atoms with van der Waals surface area (Å²) in [5, 5.41) is 2.76. The van der Waals surface area contributed by atoms with Crippen molar-refractivity contribution in [3.63, 3.8) is 0 Å². The van der Waals surface area contributed by atoms with Crippen LogP contribution in [0.15, 0.2) is 23.6 Å². The zero-order valence-corrected chi connectivity index (χ0v) is 13.2. The van der Waals surface area contributed by atoms with Crippen LogP contribution in [0.2, 0.25) is 0 Å². The number of hydrogen-bond donors (Lipinski definition) is 2. The molecule has 2 rings (SSSR count). The van der Waals surface area contributed by atoms with E-state index < -0.39 is 5.97 Å². The highest BCUT2D eigenvalue weighted by molar-refractivity contribution is 7.09. The number of carbonyl (C=O) groups excluding carboxylic acids is 1. The molecule has 112 valence electrons. The second kappa shape index (κ2) is 5.73. The van der Waals surface area contributed by atoms with Gasteiger partial charge in [-0.05, 0) is 18.2 Å². The Morgan fingerprint density at radius 2 is 1.86 bits per heavy atom. The fraction of sp³-hybridized carbons (Fsp3) is 0.333. The highest BCUT2D eigenvalue weighted by Crippen LogP contribution is 2.24. The Balaban J connectivity index is 2.02. The molecule has 0 amide bonds. The van der Waals surface area contributed by atoms with Crippen LogP contribution in [0.4, 0.5) is 11.4 Å². The highest BCUT2D eigenvalue weighted by atomic mass is 32.1. The minimum atomic E-state index is -0.457. The lowest BCUT2D eigenvalue weighted by molar-refractivity contribution is 0.0472. The maximum absolute atomic E-state index is 12.0. The lowest BCUT2D eigenvalue weighted by atomic mass is 9.93. The zero-order chi connectivity index (χ0) is 15.6. The van der Waals surface area contributed by atoms with Crippen molar-refractivity contribution in [2.24, 2.45) is 0 Å². The van der Waals surface area contributed by atoms with Crippen LogP contribution in [0.5, 0.6) is 0 Å². The molecule has 1 aromatic heterocycles. The molecule has 0 spiro atoms. The van der Waals surface area contributed by atoms with Crippen molar-refractivity contribution in [3.8, 4) is 0 Å². The van der Waals surface area contributed by atoms with Crippen LogP contribution in [-0.2, 0) is 16.8 Å². The summed E-state index contributed by atoms with van der Waals surface area (Å²) in [6.45, 7) is 6.42. The average Bonchev–Trinajstić information content (AvgIpc) is 2.83. The molecule has 0 saturated carbocycles. The van der Waals surface area contributed by atoms with Crippen LogP contribution < -0.4 is 11.5 Å². The number of hydrogen-bond acceptors (Lipinski definition) is 6. The molecule has 0 aliphatic rings. The second-order valence-corrected chi connectivity index (χ2v) is 6.78. The molecule has 1 heterocycles. The van der Waals surface area contributed by atoms with Crippen molar-refractivity contribution in [3.05, 3.63) is 39.8 Å². The van der Waals surface area contributed by atoms with Crippen LogP contribution in [0.3, 0.4) is 0 Å². The molecular weight excluding hydrogens is 286 g/mol. The molecule has 21 heavy (non-hydrogen) atoms. The molecule has 5 nitrogen and oxygen atoms in total. The Bertz CT molecular complexity index is 639. The summed E-state index contributed by atoms with van der Waals surface area (Å²) in [6, 6.07) is 4.68. The number of aromatic nitrogens is 1. The van der Waals surface area contributed by atoms with Crippen LogP contribution in [0.1, 0.15) is 41.8 Å². The molecule has 4 N–H and O–H groups in total. The largest absolute Gasteiger partial charge is 0.455 e. The van der Waals surface area contributed by atoms with E-state index in [-0.39, 0.29) is 12.0 Å². The molecule has 0 atom stereocenters. The molecule has 2 aromatic rings. The van der Waals surface area contributed by atoms with Gasteiger partial charge < -0.3 is 16.2 Å². The standard InChI is InChI=1S/C15H19N3O2S/c1-15(2,3)12-8-21-13(18-12)7-20-14(19)9-4-10(16)6-11(17)5-9/h4-6,8H,7,16-17H2,1-3H3. The Kier molecular flexibility index (Phi) is 4.18. The van der Waals surface area contributed by atoms with Gasteiger partial charge in [0.2, 0.25) is 0 Å². The molecular formula is C15H19N3O2S. The Hall–Kier alpha value is -2.08. The predicted molar refractivity (Wildman–Crippen MR) is 85.2 cm³/mol. The van der Waals surface area contributed by atoms with E-state index in [1.54, 1.807) is 18.2 Å². The van der Waals surface area contributed by atoms with Gasteiger partial charge in [0.15, 0.2) is 0 Å². The Labute approximate surface area is 127 Å². The molecule has 0 aliphatic heterocycles. The molecule has 0 aliphatic carbocycles. The summed E-state index contributed by atoms with van der Waals surface area (Å²) in [7, 11) is 0. The van der Waals surface area contributed by atoms with E-state index >= 15 is 0 Å². The average molecular weight is 305 g/mol. The number of carbonyl (C=O) groups is 1. The van der Waals surface area contributed by atoms with Gasteiger partial charge in [-0.2, -0.15) is 0 Å². The van der Waals surface area contributed by atoms with Crippen LogP contribution in [-0.4, -0.2) is 11.0 Å². The molecule has 0 radical (unpaired) electrons. The molecule has 0 bridgehead atoms. The zero-order valence-electron chi connectivity index (χ0n) is 12.3. The maximum atomic E-state index is 12.0. The molecule has 0 saturated heterocycles.